The Morgan fingerprint density at radius 1 is 1.50 bits per heavy atom. The Balaban J connectivity index is 2.54. The molecule has 2 nitrogen and oxygen atoms in total. The van der Waals surface area contributed by atoms with Gasteiger partial charge in [-0.3, -0.25) is 4.79 Å². The highest BCUT2D eigenvalue weighted by molar-refractivity contribution is 6.30. The third kappa shape index (κ3) is 1.30. The number of nitriles is 1. The highest BCUT2D eigenvalue weighted by Crippen LogP contribution is 2.48. The molecule has 1 aromatic carbocycles. The van der Waals surface area contributed by atoms with E-state index in [4.69, 9.17) is 16.9 Å². The zero-order valence-corrected chi connectivity index (χ0v) is 8.21. The summed E-state index contributed by atoms with van der Waals surface area (Å²) in [4.78, 5) is 10.8. The van der Waals surface area contributed by atoms with E-state index in [0.717, 1.165) is 24.7 Å². The molecule has 0 aromatic heterocycles. The molecule has 0 heterocycles. The first-order chi connectivity index (χ1) is 6.72. The molecule has 1 aromatic rings. The first-order valence-corrected chi connectivity index (χ1v) is 4.76. The lowest BCUT2D eigenvalue weighted by atomic mass is 9.93. The van der Waals surface area contributed by atoms with E-state index in [1.54, 1.807) is 18.2 Å². The predicted octanol–water partition coefficient (Wildman–Crippen LogP) is 2.71. The number of carbonyl (C=O) groups excluding carboxylic acids is 1. The molecular formula is C11H8ClNO. The van der Waals surface area contributed by atoms with Crippen LogP contribution in [0, 0.1) is 11.3 Å². The molecule has 2 rings (SSSR count). The second-order valence-electron chi connectivity index (χ2n) is 3.54. The number of carbonyl (C=O) groups is 1. The fraction of sp³-hybridized carbons (Fsp3) is 0.273. The van der Waals surface area contributed by atoms with Gasteiger partial charge in [-0.05, 0) is 30.5 Å². The van der Waals surface area contributed by atoms with Crippen LogP contribution in [-0.2, 0) is 5.41 Å². The van der Waals surface area contributed by atoms with Crippen molar-refractivity contribution in [3.8, 4) is 6.07 Å². The molecule has 3 heteroatoms. The molecule has 0 bridgehead atoms. The Bertz CT molecular complexity index is 429. The molecule has 70 valence electrons. The van der Waals surface area contributed by atoms with Crippen LogP contribution >= 0.6 is 11.6 Å². The first kappa shape index (κ1) is 9.23. The maximum absolute atomic E-state index is 10.8. The van der Waals surface area contributed by atoms with E-state index < -0.39 is 5.41 Å². The average Bonchev–Trinajstić information content (AvgIpc) is 2.98. The minimum Gasteiger partial charge on any atom is -0.298 e. The number of rotatable bonds is 2. The summed E-state index contributed by atoms with van der Waals surface area (Å²) < 4.78 is 0. The monoisotopic (exact) mass is 205 g/mol. The number of hydrogen-bond acceptors (Lipinski definition) is 2. The molecule has 0 radical (unpaired) electrons. The standard InChI is InChI=1S/C11H8ClNO/c12-9-1-2-10(8(5-9)6-14)11(7-13)3-4-11/h1-2,5-6H,3-4H2. The van der Waals surface area contributed by atoms with Gasteiger partial charge in [0, 0.05) is 10.6 Å². The Labute approximate surface area is 87.1 Å². The summed E-state index contributed by atoms with van der Waals surface area (Å²) >= 11 is 5.77. The van der Waals surface area contributed by atoms with Crippen LogP contribution in [0.5, 0.6) is 0 Å². The second kappa shape index (κ2) is 3.11. The van der Waals surface area contributed by atoms with Gasteiger partial charge in [-0.15, -0.1) is 0 Å². The van der Waals surface area contributed by atoms with Crippen LogP contribution in [0.15, 0.2) is 18.2 Å². The van der Waals surface area contributed by atoms with Crippen molar-refractivity contribution in [1.29, 1.82) is 5.26 Å². The molecule has 1 aliphatic rings. The Morgan fingerprint density at radius 2 is 2.21 bits per heavy atom. The van der Waals surface area contributed by atoms with Crippen molar-refractivity contribution in [3.05, 3.63) is 34.3 Å². The fourth-order valence-electron chi connectivity index (χ4n) is 1.63. The molecular weight excluding hydrogens is 198 g/mol. The van der Waals surface area contributed by atoms with Crippen LogP contribution in [0.2, 0.25) is 5.02 Å². The van der Waals surface area contributed by atoms with E-state index in [-0.39, 0.29) is 0 Å². The minimum atomic E-state index is -0.416. The van der Waals surface area contributed by atoms with Gasteiger partial charge in [0.1, 0.15) is 6.29 Å². The van der Waals surface area contributed by atoms with Crippen molar-refractivity contribution in [2.24, 2.45) is 0 Å². The maximum atomic E-state index is 10.8. The summed E-state index contributed by atoms with van der Waals surface area (Å²) in [6, 6.07) is 7.38. The summed E-state index contributed by atoms with van der Waals surface area (Å²) in [5.41, 5.74) is 0.942. The van der Waals surface area contributed by atoms with Gasteiger partial charge in [0.2, 0.25) is 0 Å². The van der Waals surface area contributed by atoms with E-state index in [0.29, 0.717) is 10.6 Å². The van der Waals surface area contributed by atoms with Gasteiger partial charge in [-0.1, -0.05) is 17.7 Å². The SMILES string of the molecule is N#CC1(c2ccc(Cl)cc2C=O)CC1. The van der Waals surface area contributed by atoms with Crippen molar-refractivity contribution in [3.63, 3.8) is 0 Å². The quantitative estimate of drug-likeness (QED) is 0.697. The van der Waals surface area contributed by atoms with Crippen LogP contribution in [-0.4, -0.2) is 6.29 Å². The topological polar surface area (TPSA) is 40.9 Å². The Morgan fingerprint density at radius 3 is 2.71 bits per heavy atom. The van der Waals surface area contributed by atoms with Gasteiger partial charge in [0.05, 0.1) is 11.5 Å². The van der Waals surface area contributed by atoms with Gasteiger partial charge in [-0.2, -0.15) is 5.26 Å². The third-order valence-corrected chi connectivity index (χ3v) is 2.86. The molecule has 0 saturated heterocycles. The van der Waals surface area contributed by atoms with Gasteiger partial charge >= 0.3 is 0 Å². The van der Waals surface area contributed by atoms with Gasteiger partial charge in [-0.25, -0.2) is 0 Å². The Kier molecular flexibility index (Phi) is 2.05. The first-order valence-electron chi connectivity index (χ1n) is 4.38. The number of benzene rings is 1. The van der Waals surface area contributed by atoms with Gasteiger partial charge in [0.25, 0.3) is 0 Å². The minimum absolute atomic E-state index is 0.416. The van der Waals surface area contributed by atoms with Crippen LogP contribution in [0.1, 0.15) is 28.8 Å². The molecule has 0 atom stereocenters. The number of aldehydes is 1. The van der Waals surface area contributed by atoms with E-state index >= 15 is 0 Å². The summed E-state index contributed by atoms with van der Waals surface area (Å²) in [6.07, 6.45) is 2.44. The molecule has 0 N–H and O–H groups in total. The largest absolute Gasteiger partial charge is 0.298 e. The molecule has 0 unspecified atom stereocenters. The molecule has 0 spiro atoms. The van der Waals surface area contributed by atoms with Crippen molar-refractivity contribution in [1.82, 2.24) is 0 Å². The molecule has 1 fully saturated rings. The highest BCUT2D eigenvalue weighted by Gasteiger charge is 2.46. The summed E-state index contributed by atoms with van der Waals surface area (Å²) in [5, 5.41) is 9.53. The Hall–Kier alpha value is -1.33. The lowest BCUT2D eigenvalue weighted by Gasteiger charge is -2.08. The van der Waals surface area contributed by atoms with Crippen molar-refractivity contribution < 1.29 is 4.79 Å². The van der Waals surface area contributed by atoms with E-state index in [2.05, 4.69) is 6.07 Å². The predicted molar refractivity (Wildman–Crippen MR) is 53.4 cm³/mol. The molecule has 0 aliphatic heterocycles. The van der Waals surface area contributed by atoms with Crippen LogP contribution in [0.25, 0.3) is 0 Å². The zero-order valence-electron chi connectivity index (χ0n) is 7.46. The summed E-state index contributed by atoms with van der Waals surface area (Å²) in [7, 11) is 0. The van der Waals surface area contributed by atoms with Crippen molar-refractivity contribution in [2.75, 3.05) is 0 Å². The van der Waals surface area contributed by atoms with E-state index in [9.17, 15) is 4.79 Å². The summed E-state index contributed by atoms with van der Waals surface area (Å²) in [6.45, 7) is 0. The maximum Gasteiger partial charge on any atom is 0.150 e. The van der Waals surface area contributed by atoms with E-state index in [1.165, 1.54) is 0 Å². The lowest BCUT2D eigenvalue weighted by molar-refractivity contribution is 0.112. The highest BCUT2D eigenvalue weighted by atomic mass is 35.5. The smallest absolute Gasteiger partial charge is 0.150 e. The van der Waals surface area contributed by atoms with Crippen LogP contribution in [0.3, 0.4) is 0 Å². The average molecular weight is 206 g/mol. The number of hydrogen-bond donors (Lipinski definition) is 0. The number of nitrogens with zero attached hydrogens (tertiary/aromatic N) is 1. The zero-order chi connectivity index (χ0) is 10.2. The lowest BCUT2D eigenvalue weighted by Crippen LogP contribution is -2.06. The van der Waals surface area contributed by atoms with Crippen LogP contribution in [0.4, 0.5) is 0 Å². The van der Waals surface area contributed by atoms with E-state index in [1.807, 2.05) is 0 Å². The third-order valence-electron chi connectivity index (χ3n) is 2.62. The fourth-order valence-corrected chi connectivity index (χ4v) is 1.81. The molecule has 0 amide bonds. The van der Waals surface area contributed by atoms with Gasteiger partial charge < -0.3 is 0 Å². The normalized spacial score (nSPS) is 17.1. The number of halogens is 1. The van der Waals surface area contributed by atoms with Crippen molar-refractivity contribution >= 4 is 17.9 Å². The van der Waals surface area contributed by atoms with Crippen molar-refractivity contribution in [2.45, 2.75) is 18.3 Å². The van der Waals surface area contributed by atoms with Crippen LogP contribution < -0.4 is 0 Å². The summed E-state index contributed by atoms with van der Waals surface area (Å²) in [5.74, 6) is 0. The van der Waals surface area contributed by atoms with Gasteiger partial charge in [0.15, 0.2) is 0 Å². The second-order valence-corrected chi connectivity index (χ2v) is 3.98. The molecule has 1 aliphatic carbocycles. The molecule has 14 heavy (non-hydrogen) atoms. The molecule has 1 saturated carbocycles.